The van der Waals surface area contributed by atoms with Gasteiger partial charge in [0.15, 0.2) is 11.6 Å². The third-order valence-electron chi connectivity index (χ3n) is 2.92. The van der Waals surface area contributed by atoms with Crippen LogP contribution in [-0.2, 0) is 0 Å². The molecule has 0 aliphatic carbocycles. The van der Waals surface area contributed by atoms with Crippen LogP contribution < -0.4 is 15.8 Å². The number of anilines is 2. The summed E-state index contributed by atoms with van der Waals surface area (Å²) in [6, 6.07) is 11.7. The normalized spacial score (nSPS) is 12.2. The lowest BCUT2D eigenvalue weighted by molar-refractivity contribution is 0.242. The van der Waals surface area contributed by atoms with Gasteiger partial charge < -0.3 is 15.8 Å². The maximum atomic E-state index is 5.76. The Hall–Kier alpha value is -2.23. The van der Waals surface area contributed by atoms with Gasteiger partial charge in [-0.25, -0.2) is 4.98 Å². The summed E-state index contributed by atoms with van der Waals surface area (Å²) in [5.74, 6) is 1.52. The number of nitrogens with zero attached hydrogens (tertiary/aromatic N) is 1. The van der Waals surface area contributed by atoms with E-state index in [1.807, 2.05) is 50.2 Å². The summed E-state index contributed by atoms with van der Waals surface area (Å²) < 4.78 is 5.76. The molecule has 0 fully saturated rings. The van der Waals surface area contributed by atoms with E-state index in [0.717, 1.165) is 22.8 Å². The van der Waals surface area contributed by atoms with Gasteiger partial charge in [-0.05, 0) is 50.6 Å². The molecule has 0 saturated carbocycles. The van der Waals surface area contributed by atoms with Crippen LogP contribution in [0.2, 0.25) is 0 Å². The molecule has 0 bridgehead atoms. The predicted octanol–water partition coefficient (Wildman–Crippen LogP) is 3.62. The van der Waals surface area contributed by atoms with Crippen molar-refractivity contribution < 1.29 is 4.74 Å². The lowest BCUT2D eigenvalue weighted by atomic mass is 10.1. The molecular weight excluding hydrogens is 250 g/mol. The van der Waals surface area contributed by atoms with Gasteiger partial charge in [-0.3, -0.25) is 0 Å². The van der Waals surface area contributed by atoms with Crippen molar-refractivity contribution in [1.82, 2.24) is 4.98 Å². The topological polar surface area (TPSA) is 60.2 Å². The molecule has 0 saturated heterocycles. The van der Waals surface area contributed by atoms with Crippen molar-refractivity contribution >= 4 is 11.5 Å². The number of aromatic nitrogens is 1. The minimum absolute atomic E-state index is 0.117. The Morgan fingerprint density at radius 2 is 1.80 bits per heavy atom. The molecule has 2 rings (SSSR count). The molecule has 2 aromatic rings. The average molecular weight is 271 g/mol. The number of pyridine rings is 1. The summed E-state index contributed by atoms with van der Waals surface area (Å²) in [6.07, 6.45) is 1.87. The first-order valence-corrected chi connectivity index (χ1v) is 6.80. The van der Waals surface area contributed by atoms with Crippen molar-refractivity contribution in [3.8, 4) is 5.75 Å². The van der Waals surface area contributed by atoms with E-state index < -0.39 is 0 Å². The Labute approximate surface area is 120 Å². The van der Waals surface area contributed by atoms with Gasteiger partial charge in [0.25, 0.3) is 0 Å². The number of nitrogen functional groups attached to an aromatic ring is 1. The summed E-state index contributed by atoms with van der Waals surface area (Å²) in [5.41, 5.74) is 7.62. The fraction of sp³-hybridized carbons (Fsp3) is 0.312. The molecule has 4 heteroatoms. The molecule has 1 unspecified atom stereocenters. The number of nitrogens with two attached hydrogens (primary N) is 1. The first-order valence-electron chi connectivity index (χ1n) is 6.80. The third kappa shape index (κ3) is 3.63. The molecule has 0 amide bonds. The van der Waals surface area contributed by atoms with Gasteiger partial charge in [-0.1, -0.05) is 12.1 Å². The van der Waals surface area contributed by atoms with Gasteiger partial charge >= 0.3 is 0 Å². The van der Waals surface area contributed by atoms with Gasteiger partial charge in [0, 0.05) is 11.9 Å². The third-order valence-corrected chi connectivity index (χ3v) is 2.92. The summed E-state index contributed by atoms with van der Waals surface area (Å²) in [6.45, 7) is 6.08. The maximum Gasteiger partial charge on any atom is 0.169 e. The second-order valence-corrected chi connectivity index (χ2v) is 5.05. The van der Waals surface area contributed by atoms with Gasteiger partial charge in [-0.15, -0.1) is 0 Å². The quantitative estimate of drug-likeness (QED) is 0.815. The SMILES string of the molecule is CC(C)Oc1cccnc1NC(C)c1ccc(N)cc1. The van der Waals surface area contributed by atoms with Crippen LogP contribution in [0.5, 0.6) is 5.75 Å². The summed E-state index contributed by atoms with van der Waals surface area (Å²) in [4.78, 5) is 4.35. The van der Waals surface area contributed by atoms with Crippen LogP contribution in [0.3, 0.4) is 0 Å². The van der Waals surface area contributed by atoms with Crippen molar-refractivity contribution in [2.45, 2.75) is 32.9 Å². The van der Waals surface area contributed by atoms with Crippen LogP contribution in [0.4, 0.5) is 11.5 Å². The van der Waals surface area contributed by atoms with Crippen LogP contribution in [0.15, 0.2) is 42.6 Å². The van der Waals surface area contributed by atoms with Crippen LogP contribution in [0.1, 0.15) is 32.4 Å². The van der Waals surface area contributed by atoms with E-state index in [0.29, 0.717) is 0 Å². The van der Waals surface area contributed by atoms with Gasteiger partial charge in [0.05, 0.1) is 12.1 Å². The molecule has 0 aliphatic heterocycles. The Kier molecular flexibility index (Phi) is 4.45. The van der Waals surface area contributed by atoms with Crippen LogP contribution in [0, 0.1) is 0 Å². The molecule has 4 nitrogen and oxygen atoms in total. The zero-order chi connectivity index (χ0) is 14.5. The number of hydrogen-bond donors (Lipinski definition) is 2. The summed E-state index contributed by atoms with van der Waals surface area (Å²) >= 11 is 0. The Morgan fingerprint density at radius 3 is 2.45 bits per heavy atom. The summed E-state index contributed by atoms with van der Waals surface area (Å²) in [5, 5.41) is 3.37. The maximum absolute atomic E-state index is 5.76. The van der Waals surface area contributed by atoms with Crippen molar-refractivity contribution in [3.05, 3.63) is 48.2 Å². The Balaban J connectivity index is 2.15. The number of hydrogen-bond acceptors (Lipinski definition) is 4. The molecule has 20 heavy (non-hydrogen) atoms. The number of nitrogens with one attached hydrogen (secondary N) is 1. The molecule has 3 N–H and O–H groups in total. The molecule has 1 aromatic carbocycles. The van der Waals surface area contributed by atoms with Crippen molar-refractivity contribution in [2.24, 2.45) is 0 Å². The van der Waals surface area contributed by atoms with Gasteiger partial charge in [0.2, 0.25) is 0 Å². The Bertz CT molecular complexity index is 552. The minimum atomic E-state index is 0.117. The molecule has 106 valence electrons. The smallest absolute Gasteiger partial charge is 0.169 e. The van der Waals surface area contributed by atoms with Crippen molar-refractivity contribution in [3.63, 3.8) is 0 Å². The minimum Gasteiger partial charge on any atom is -0.487 e. The number of ether oxygens (including phenoxy) is 1. The zero-order valence-corrected chi connectivity index (χ0v) is 12.1. The fourth-order valence-corrected chi connectivity index (χ4v) is 1.92. The van der Waals surface area contributed by atoms with Crippen molar-refractivity contribution in [2.75, 3.05) is 11.1 Å². The van der Waals surface area contributed by atoms with Crippen LogP contribution in [0.25, 0.3) is 0 Å². The van der Waals surface area contributed by atoms with Gasteiger partial charge in [-0.2, -0.15) is 0 Å². The largest absolute Gasteiger partial charge is 0.487 e. The summed E-state index contributed by atoms with van der Waals surface area (Å²) in [7, 11) is 0. The first kappa shape index (κ1) is 14.2. The van der Waals surface area contributed by atoms with Crippen LogP contribution >= 0.6 is 0 Å². The van der Waals surface area contributed by atoms with Crippen LogP contribution in [-0.4, -0.2) is 11.1 Å². The standard InChI is InChI=1S/C16H21N3O/c1-11(2)20-15-5-4-10-18-16(15)19-12(3)13-6-8-14(17)9-7-13/h4-12H,17H2,1-3H3,(H,18,19). The van der Waals surface area contributed by atoms with E-state index in [9.17, 15) is 0 Å². The number of benzene rings is 1. The van der Waals surface area contributed by atoms with E-state index >= 15 is 0 Å². The number of rotatable bonds is 5. The molecule has 1 heterocycles. The first-order chi connectivity index (χ1) is 9.56. The second kappa shape index (κ2) is 6.28. The van der Waals surface area contributed by atoms with Gasteiger partial charge in [0.1, 0.15) is 0 Å². The Morgan fingerprint density at radius 1 is 1.10 bits per heavy atom. The highest BCUT2D eigenvalue weighted by Gasteiger charge is 2.11. The van der Waals surface area contributed by atoms with E-state index in [1.165, 1.54) is 0 Å². The fourth-order valence-electron chi connectivity index (χ4n) is 1.92. The second-order valence-electron chi connectivity index (χ2n) is 5.05. The lowest BCUT2D eigenvalue weighted by Gasteiger charge is -2.19. The molecule has 1 atom stereocenters. The van der Waals surface area contributed by atoms with E-state index in [1.54, 1.807) is 6.20 Å². The predicted molar refractivity (Wildman–Crippen MR) is 82.9 cm³/mol. The van der Waals surface area contributed by atoms with E-state index in [-0.39, 0.29) is 12.1 Å². The van der Waals surface area contributed by atoms with E-state index in [2.05, 4.69) is 17.2 Å². The monoisotopic (exact) mass is 271 g/mol. The highest BCUT2D eigenvalue weighted by atomic mass is 16.5. The van der Waals surface area contributed by atoms with Crippen molar-refractivity contribution in [1.29, 1.82) is 0 Å². The molecule has 0 aliphatic rings. The van der Waals surface area contributed by atoms with E-state index in [4.69, 9.17) is 10.5 Å². The zero-order valence-electron chi connectivity index (χ0n) is 12.1. The molecular formula is C16H21N3O. The molecule has 0 spiro atoms. The molecule has 1 aromatic heterocycles. The highest BCUT2D eigenvalue weighted by Crippen LogP contribution is 2.26. The average Bonchev–Trinajstić information content (AvgIpc) is 2.41. The lowest BCUT2D eigenvalue weighted by Crippen LogP contribution is -2.12. The molecule has 0 radical (unpaired) electrons. The highest BCUT2D eigenvalue weighted by molar-refractivity contribution is 5.51.